The number of piperidine rings is 1. The molecule has 4 amide bonds. The molecule has 20 nitrogen and oxygen atoms in total. The molecule has 2 aromatic carbocycles. The first kappa shape index (κ1) is 67.5. The van der Waals surface area contributed by atoms with Crippen LogP contribution >= 0.6 is 22.7 Å². The number of thiazole rings is 1. The van der Waals surface area contributed by atoms with Crippen LogP contribution in [0.15, 0.2) is 54.3 Å². The smallest absolute Gasteiger partial charge is 0.417 e. The number of hydrogen-bond donors (Lipinski definition) is 3. The van der Waals surface area contributed by atoms with Gasteiger partial charge in [-0.1, -0.05) is 52.0 Å². The number of fused-ring (bicyclic) bond motifs is 6. The molecular weight excluding hydrogens is 1270 g/mol. The van der Waals surface area contributed by atoms with E-state index in [-0.39, 0.29) is 89.6 Å². The molecule has 3 N–H and O–H groups in total. The number of nitrogens with one attached hydrogen (secondary N) is 2. The number of hydrogen-bond acceptors (Lipinski definition) is 17. The summed E-state index contributed by atoms with van der Waals surface area (Å²) in [7, 11) is 0. The number of piperazine rings is 1. The van der Waals surface area contributed by atoms with Crippen molar-refractivity contribution >= 4 is 83.5 Å². The van der Waals surface area contributed by atoms with E-state index in [2.05, 4.69) is 37.4 Å². The van der Waals surface area contributed by atoms with Crippen molar-refractivity contribution < 1.29 is 51.7 Å². The fraction of sp³-hybridized carbons (Fsp3) is 0.592. The SMILES string of the molecule is Cc1cc2c(cnn2C2CCCCO2)c(-c2nccc3c2sc2nc(OCC4(C)CCCN(CC5CCC(C(=O)N[C@H](C(=O)N6C[C@H](O)C[C@H]6C(=O)NCc6ccc(-c7scnc7C)cc6)C(C)(C)C)CC5)C4)nc(N4C[C@H]5CC[C@@H](C4)N5C(=O)OC(C)(C)C)c23)c1C(F)(F)F. The van der Waals surface area contributed by atoms with E-state index < -0.39 is 47.2 Å². The molecule has 0 spiro atoms. The number of ether oxygens (including phenoxy) is 3. The fourth-order valence-electron chi connectivity index (χ4n) is 15.8. The van der Waals surface area contributed by atoms with Gasteiger partial charge in [0.15, 0.2) is 6.23 Å². The summed E-state index contributed by atoms with van der Waals surface area (Å²) >= 11 is 2.84. The van der Waals surface area contributed by atoms with E-state index in [1.54, 1.807) is 28.3 Å². The van der Waals surface area contributed by atoms with Gasteiger partial charge in [-0.15, -0.1) is 22.7 Å². The Kier molecular flexibility index (Phi) is 18.7. The van der Waals surface area contributed by atoms with Crippen molar-refractivity contribution in [1.29, 1.82) is 0 Å². The minimum absolute atomic E-state index is 0.00631. The lowest BCUT2D eigenvalue weighted by Gasteiger charge is -2.42. The van der Waals surface area contributed by atoms with Crippen LogP contribution in [0.2, 0.25) is 0 Å². The number of carbonyl (C=O) groups excluding carboxylic acids is 4. The maximum Gasteiger partial charge on any atom is 0.417 e. The number of pyridine rings is 1. The Hall–Kier alpha value is -7.06. The summed E-state index contributed by atoms with van der Waals surface area (Å²) in [6.07, 6.45) is 5.72. The highest BCUT2D eigenvalue weighted by atomic mass is 32.1. The van der Waals surface area contributed by atoms with Crippen molar-refractivity contribution in [3.63, 3.8) is 0 Å². The summed E-state index contributed by atoms with van der Waals surface area (Å²) in [6, 6.07) is 9.33. The molecule has 1 saturated carbocycles. The number of thiophene rings is 1. The number of amides is 4. The van der Waals surface area contributed by atoms with Gasteiger partial charge >= 0.3 is 18.3 Å². The number of likely N-dealkylation sites (tertiary alicyclic amines) is 2. The fourth-order valence-corrected chi connectivity index (χ4v) is 17.7. The predicted octanol–water partition coefficient (Wildman–Crippen LogP) is 12.4. The molecule has 13 rings (SSSR count). The van der Waals surface area contributed by atoms with Crippen molar-refractivity contribution in [3.8, 4) is 27.7 Å². The number of rotatable bonds is 15. The molecule has 6 fully saturated rings. The lowest BCUT2D eigenvalue weighted by Crippen LogP contribution is -2.58. The van der Waals surface area contributed by atoms with E-state index in [4.69, 9.17) is 29.2 Å². The van der Waals surface area contributed by atoms with E-state index >= 15 is 13.2 Å². The van der Waals surface area contributed by atoms with Crippen molar-refractivity contribution in [2.45, 2.75) is 194 Å². The number of anilines is 1. The normalized spacial score (nSPS) is 24.8. The Morgan fingerprint density at radius 2 is 1.64 bits per heavy atom. The number of aliphatic hydroxyl groups is 1. The maximum atomic E-state index is 15.6. The van der Waals surface area contributed by atoms with Crippen LogP contribution in [-0.2, 0) is 36.6 Å². The molecule has 7 aromatic rings. The van der Waals surface area contributed by atoms with Crippen molar-refractivity contribution in [1.82, 2.24) is 55.0 Å². The summed E-state index contributed by atoms with van der Waals surface area (Å²) < 4.78 is 67.8. The third-order valence-corrected chi connectivity index (χ3v) is 22.6. The van der Waals surface area contributed by atoms with Gasteiger partial charge in [-0.25, -0.2) is 14.5 Å². The first-order valence-electron chi connectivity index (χ1n) is 34.1. The van der Waals surface area contributed by atoms with Gasteiger partial charge in [0.25, 0.3) is 0 Å². The highest BCUT2D eigenvalue weighted by Crippen LogP contribution is 2.50. The molecule has 2 unspecified atom stereocenters. The molecular formula is C71H89F3N12O8S2. The van der Waals surface area contributed by atoms with E-state index in [9.17, 15) is 24.3 Å². The van der Waals surface area contributed by atoms with Crippen LogP contribution < -0.4 is 20.3 Å². The minimum Gasteiger partial charge on any atom is -0.463 e. The molecule has 1 aliphatic carbocycles. The molecule has 5 aromatic heterocycles. The third kappa shape index (κ3) is 13.9. The largest absolute Gasteiger partial charge is 0.463 e. The Morgan fingerprint density at radius 1 is 0.885 bits per heavy atom. The van der Waals surface area contributed by atoms with Gasteiger partial charge in [0.05, 0.1) is 73.9 Å². The van der Waals surface area contributed by atoms with Gasteiger partial charge < -0.3 is 44.7 Å². The summed E-state index contributed by atoms with van der Waals surface area (Å²) in [5.74, 6) is -0.267. The summed E-state index contributed by atoms with van der Waals surface area (Å²) in [5.41, 5.74) is 3.00. The van der Waals surface area contributed by atoms with Gasteiger partial charge in [0, 0.05) is 86.2 Å². The second kappa shape index (κ2) is 26.6. The maximum absolute atomic E-state index is 15.6. The molecule has 10 heterocycles. The first-order chi connectivity index (χ1) is 45.7. The number of aromatic nitrogens is 6. The number of β-amino-alcohol motifs (C(OH)–C–C–N with tert-alkyl or cyclic N) is 1. The molecule has 6 aliphatic rings. The lowest BCUT2D eigenvalue weighted by atomic mass is 9.79. The first-order valence-corrected chi connectivity index (χ1v) is 35.8. The molecule has 514 valence electrons. The molecule has 7 atom stereocenters. The zero-order chi connectivity index (χ0) is 67.8. The number of nitrogens with zero attached hydrogens (tertiary/aromatic N) is 10. The van der Waals surface area contributed by atoms with Crippen LogP contribution in [0.3, 0.4) is 0 Å². The summed E-state index contributed by atoms with van der Waals surface area (Å²) in [6.45, 7) is 21.5. The van der Waals surface area contributed by atoms with E-state index in [1.807, 2.05) is 89.2 Å². The van der Waals surface area contributed by atoms with Gasteiger partial charge in [-0.2, -0.15) is 28.2 Å². The van der Waals surface area contributed by atoms with Crippen LogP contribution in [0.25, 0.3) is 52.9 Å². The standard InChI is InChI=1S/C71H89F3N12O8S2/c1-40-29-51-50(32-78-86(51)53-13-10-11-28-92-53)54(56(40)71(72,73)74)57-59-49(24-26-75-57)55-61(83-34-46-22-23-47(35-83)85(46)67(91)94-69(6,7)8)80-66(81-64(55)96-59)93-38-70(9)25-12-27-82(37-70)33-43-16-20-45(21-17-43)62(88)79-60(68(3,4)5)65(90)84-36-48(87)30-52(84)63(89)76-31-42-14-18-44(19-15-42)58-41(2)77-39-95-58/h14-15,18-19,24,26,29,32,39,43,45-48,52-53,60,87H,10-13,16-17,20-23,25,27-28,30-31,33-38H2,1-9H3,(H,76,89)(H,79,88)/t43?,45?,46-,47+,48-,52+,53?,60-,70?/m1/s1. The minimum atomic E-state index is -4.73. The number of aliphatic hydroxyl groups excluding tert-OH is 1. The Morgan fingerprint density at radius 3 is 2.31 bits per heavy atom. The Bertz CT molecular complexity index is 4040. The average Bonchev–Trinajstić information content (AvgIpc) is 1.52. The average molecular weight is 1360 g/mol. The molecule has 0 radical (unpaired) electrons. The van der Waals surface area contributed by atoms with Crippen molar-refractivity contribution in [2.75, 3.05) is 57.4 Å². The molecule has 5 aliphatic heterocycles. The van der Waals surface area contributed by atoms with Crippen LogP contribution in [-0.4, -0.2) is 162 Å². The summed E-state index contributed by atoms with van der Waals surface area (Å²) in [4.78, 5) is 85.4. The zero-order valence-electron chi connectivity index (χ0n) is 56.4. The quantitative estimate of drug-likeness (QED) is 0.0868. The van der Waals surface area contributed by atoms with Crippen LogP contribution in [0.4, 0.5) is 23.8 Å². The van der Waals surface area contributed by atoms with E-state index in [1.165, 1.54) is 29.4 Å². The number of aryl methyl sites for hydroxylation is 2. The predicted molar refractivity (Wildman–Crippen MR) is 363 cm³/mol. The van der Waals surface area contributed by atoms with Crippen molar-refractivity contribution in [3.05, 3.63) is 76.7 Å². The topological polar surface area (TPSA) is 223 Å². The van der Waals surface area contributed by atoms with Gasteiger partial charge in [0.2, 0.25) is 17.7 Å². The molecule has 25 heteroatoms. The zero-order valence-corrected chi connectivity index (χ0v) is 58.0. The van der Waals surface area contributed by atoms with E-state index in [0.29, 0.717) is 88.5 Å². The monoisotopic (exact) mass is 1360 g/mol. The van der Waals surface area contributed by atoms with Crippen LogP contribution in [0, 0.1) is 36.5 Å². The molecule has 5 saturated heterocycles. The number of halogens is 3. The molecule has 96 heavy (non-hydrogen) atoms. The lowest BCUT2D eigenvalue weighted by molar-refractivity contribution is -0.144. The highest BCUT2D eigenvalue weighted by molar-refractivity contribution is 7.26. The van der Waals surface area contributed by atoms with Crippen LogP contribution in [0.1, 0.15) is 154 Å². The van der Waals surface area contributed by atoms with Gasteiger partial charge in [-0.3, -0.25) is 24.3 Å². The van der Waals surface area contributed by atoms with Gasteiger partial charge in [0.1, 0.15) is 28.3 Å². The van der Waals surface area contributed by atoms with Crippen LogP contribution in [0.5, 0.6) is 6.01 Å². The summed E-state index contributed by atoms with van der Waals surface area (Å²) in [5, 5.41) is 23.3. The highest BCUT2D eigenvalue weighted by Gasteiger charge is 2.48. The second-order valence-corrected chi connectivity index (χ2v) is 32.0. The second-order valence-electron chi connectivity index (χ2n) is 30.2. The van der Waals surface area contributed by atoms with Crippen molar-refractivity contribution in [2.24, 2.45) is 22.7 Å². The third-order valence-electron chi connectivity index (χ3n) is 20.5. The number of benzene rings is 2. The number of carbonyl (C=O) groups is 4. The van der Waals surface area contributed by atoms with E-state index in [0.717, 1.165) is 92.7 Å². The number of alkyl halides is 3. The molecule has 2 bridgehead atoms. The Balaban J connectivity index is 0.692. The Labute approximate surface area is 566 Å². The van der Waals surface area contributed by atoms with Gasteiger partial charge in [-0.05, 0) is 152 Å².